The average Bonchev–Trinajstić information content (AvgIpc) is 2.88. The smallest absolute Gasteiger partial charge is 0.0706 e. The summed E-state index contributed by atoms with van der Waals surface area (Å²) in [6, 6.07) is 41.9. The Morgan fingerprint density at radius 1 is 0.406 bits per heavy atom. The van der Waals surface area contributed by atoms with E-state index >= 15 is 0 Å². The molecular weight excluding hydrogens is 388 g/mol. The molecule has 0 atom stereocenters. The highest BCUT2D eigenvalue weighted by atomic mass is 15.2. The SMILES string of the molecule is c1ccc(CC/C(=N\N=C(/CCc2ccccc2)c2ccccc2)c2ccccc2)cc1. The molecule has 0 amide bonds. The third kappa shape index (κ3) is 6.36. The lowest BCUT2D eigenvalue weighted by molar-refractivity contribution is 1.00. The zero-order chi connectivity index (χ0) is 21.8. The predicted molar refractivity (Wildman–Crippen MR) is 135 cm³/mol. The number of benzene rings is 4. The van der Waals surface area contributed by atoms with E-state index in [1.165, 1.54) is 11.1 Å². The van der Waals surface area contributed by atoms with Gasteiger partial charge < -0.3 is 0 Å². The Kier molecular flexibility index (Phi) is 7.76. The Balaban J connectivity index is 1.61. The molecule has 0 unspecified atom stereocenters. The van der Waals surface area contributed by atoms with Crippen molar-refractivity contribution in [1.82, 2.24) is 0 Å². The average molecular weight is 417 g/mol. The fourth-order valence-electron chi connectivity index (χ4n) is 3.70. The summed E-state index contributed by atoms with van der Waals surface area (Å²) in [6.45, 7) is 0. The molecule has 0 spiro atoms. The minimum absolute atomic E-state index is 0.846. The number of nitrogens with zero attached hydrogens (tertiary/aromatic N) is 2. The van der Waals surface area contributed by atoms with Gasteiger partial charge in [-0.3, -0.25) is 0 Å². The Hall–Kier alpha value is -3.78. The van der Waals surface area contributed by atoms with Gasteiger partial charge >= 0.3 is 0 Å². The van der Waals surface area contributed by atoms with Crippen molar-refractivity contribution in [2.45, 2.75) is 25.7 Å². The van der Waals surface area contributed by atoms with Crippen molar-refractivity contribution in [3.63, 3.8) is 0 Å². The summed E-state index contributed by atoms with van der Waals surface area (Å²) in [4.78, 5) is 0. The van der Waals surface area contributed by atoms with Gasteiger partial charge in [0.25, 0.3) is 0 Å². The van der Waals surface area contributed by atoms with Gasteiger partial charge in [-0.1, -0.05) is 121 Å². The van der Waals surface area contributed by atoms with Crippen LogP contribution in [0.1, 0.15) is 35.1 Å². The molecule has 4 aromatic carbocycles. The maximum absolute atomic E-state index is 4.80. The Morgan fingerprint density at radius 3 is 1.06 bits per heavy atom. The van der Waals surface area contributed by atoms with E-state index in [0.717, 1.165) is 48.2 Å². The quantitative estimate of drug-likeness (QED) is 0.204. The first-order valence-corrected chi connectivity index (χ1v) is 11.2. The predicted octanol–water partition coefficient (Wildman–Crippen LogP) is 7.15. The van der Waals surface area contributed by atoms with Gasteiger partial charge in [0.2, 0.25) is 0 Å². The van der Waals surface area contributed by atoms with Crippen LogP contribution in [-0.4, -0.2) is 11.4 Å². The molecule has 4 aromatic rings. The molecule has 0 saturated heterocycles. The van der Waals surface area contributed by atoms with Gasteiger partial charge in [-0.25, -0.2) is 0 Å². The van der Waals surface area contributed by atoms with Crippen molar-refractivity contribution in [3.8, 4) is 0 Å². The molecule has 158 valence electrons. The van der Waals surface area contributed by atoms with Gasteiger partial charge in [0.05, 0.1) is 11.4 Å². The molecule has 0 aromatic heterocycles. The van der Waals surface area contributed by atoms with E-state index in [-0.39, 0.29) is 0 Å². The van der Waals surface area contributed by atoms with E-state index in [1.807, 2.05) is 12.1 Å². The van der Waals surface area contributed by atoms with Crippen LogP contribution in [0.25, 0.3) is 0 Å². The number of hydrogen-bond donors (Lipinski definition) is 0. The normalized spacial score (nSPS) is 12.0. The fraction of sp³-hybridized carbons (Fsp3) is 0.133. The fourth-order valence-corrected chi connectivity index (χ4v) is 3.70. The van der Waals surface area contributed by atoms with E-state index in [0.29, 0.717) is 0 Å². The molecule has 4 rings (SSSR count). The third-order valence-corrected chi connectivity index (χ3v) is 5.49. The molecule has 0 aliphatic carbocycles. The third-order valence-electron chi connectivity index (χ3n) is 5.49. The van der Waals surface area contributed by atoms with Gasteiger partial charge in [0.15, 0.2) is 0 Å². The zero-order valence-electron chi connectivity index (χ0n) is 18.3. The summed E-state index contributed by atoms with van der Waals surface area (Å²) in [7, 11) is 0. The second-order valence-electron chi connectivity index (χ2n) is 7.80. The highest BCUT2D eigenvalue weighted by Gasteiger charge is 2.07. The van der Waals surface area contributed by atoms with E-state index in [2.05, 4.69) is 109 Å². The molecular formula is C30H28N2. The van der Waals surface area contributed by atoms with E-state index in [9.17, 15) is 0 Å². The number of rotatable bonds is 9. The lowest BCUT2D eigenvalue weighted by atomic mass is 10.0. The number of hydrogen-bond acceptors (Lipinski definition) is 2. The molecule has 2 heteroatoms. The van der Waals surface area contributed by atoms with E-state index in [1.54, 1.807) is 0 Å². The summed E-state index contributed by atoms with van der Waals surface area (Å²) in [5.74, 6) is 0. The van der Waals surface area contributed by atoms with Crippen LogP contribution in [0.5, 0.6) is 0 Å². The molecule has 0 saturated carbocycles. The van der Waals surface area contributed by atoms with Gasteiger partial charge in [-0.05, 0) is 47.9 Å². The highest BCUT2D eigenvalue weighted by molar-refractivity contribution is 6.03. The lowest BCUT2D eigenvalue weighted by Crippen LogP contribution is -2.06. The topological polar surface area (TPSA) is 24.7 Å². The van der Waals surface area contributed by atoms with Crippen molar-refractivity contribution in [2.24, 2.45) is 10.2 Å². The first-order chi connectivity index (χ1) is 15.9. The van der Waals surface area contributed by atoms with Crippen LogP contribution >= 0.6 is 0 Å². The lowest BCUT2D eigenvalue weighted by Gasteiger charge is -2.08. The molecule has 32 heavy (non-hydrogen) atoms. The summed E-state index contributed by atoms with van der Waals surface area (Å²) < 4.78 is 0. The Bertz CT molecular complexity index is 1040. The van der Waals surface area contributed by atoms with Gasteiger partial charge in [0, 0.05) is 0 Å². The molecule has 0 radical (unpaired) electrons. The van der Waals surface area contributed by atoms with Crippen LogP contribution in [0.15, 0.2) is 132 Å². The Labute approximate surface area is 191 Å². The van der Waals surface area contributed by atoms with Gasteiger partial charge in [-0.15, -0.1) is 0 Å². The van der Waals surface area contributed by atoms with Crippen molar-refractivity contribution < 1.29 is 0 Å². The van der Waals surface area contributed by atoms with Crippen LogP contribution in [0.4, 0.5) is 0 Å². The molecule has 0 fully saturated rings. The summed E-state index contributed by atoms with van der Waals surface area (Å²) in [6.07, 6.45) is 3.57. The summed E-state index contributed by atoms with van der Waals surface area (Å²) in [5, 5.41) is 9.61. The standard InChI is InChI=1S/C30H28N2/c1-5-13-25(14-6-1)21-23-29(27-17-9-3-10-18-27)31-32-30(28-19-11-4-12-20-28)24-22-26-15-7-2-8-16-26/h1-20H,21-24H2/b31-29+,32-30+. The monoisotopic (exact) mass is 416 g/mol. The minimum atomic E-state index is 0.846. The van der Waals surface area contributed by atoms with Crippen LogP contribution in [-0.2, 0) is 12.8 Å². The molecule has 0 N–H and O–H groups in total. The van der Waals surface area contributed by atoms with E-state index in [4.69, 9.17) is 10.2 Å². The largest absolute Gasteiger partial charge is 0.155 e. The molecule has 0 heterocycles. The maximum atomic E-state index is 4.80. The zero-order valence-corrected chi connectivity index (χ0v) is 18.3. The minimum Gasteiger partial charge on any atom is -0.155 e. The van der Waals surface area contributed by atoms with Gasteiger partial charge in [-0.2, -0.15) is 10.2 Å². The number of aryl methyl sites for hydroxylation is 2. The van der Waals surface area contributed by atoms with Crippen molar-refractivity contribution in [1.29, 1.82) is 0 Å². The van der Waals surface area contributed by atoms with E-state index < -0.39 is 0 Å². The van der Waals surface area contributed by atoms with Gasteiger partial charge in [0.1, 0.15) is 0 Å². The van der Waals surface area contributed by atoms with Crippen molar-refractivity contribution >= 4 is 11.4 Å². The molecule has 2 nitrogen and oxygen atoms in total. The molecule has 0 aliphatic heterocycles. The summed E-state index contributed by atoms with van der Waals surface area (Å²) in [5.41, 5.74) is 6.91. The molecule has 0 aliphatic rings. The first kappa shape index (κ1) is 21.5. The second kappa shape index (κ2) is 11.6. The second-order valence-corrected chi connectivity index (χ2v) is 7.80. The summed E-state index contributed by atoms with van der Waals surface area (Å²) >= 11 is 0. The van der Waals surface area contributed by atoms with Crippen molar-refractivity contribution in [2.75, 3.05) is 0 Å². The maximum Gasteiger partial charge on any atom is 0.0706 e. The van der Waals surface area contributed by atoms with Crippen LogP contribution in [0.3, 0.4) is 0 Å². The highest BCUT2D eigenvalue weighted by Crippen LogP contribution is 2.13. The van der Waals surface area contributed by atoms with Crippen LogP contribution in [0, 0.1) is 0 Å². The first-order valence-electron chi connectivity index (χ1n) is 11.2. The molecule has 0 bridgehead atoms. The van der Waals surface area contributed by atoms with Crippen LogP contribution < -0.4 is 0 Å². The van der Waals surface area contributed by atoms with Crippen molar-refractivity contribution in [3.05, 3.63) is 144 Å². The van der Waals surface area contributed by atoms with Crippen LogP contribution in [0.2, 0.25) is 0 Å². The Morgan fingerprint density at radius 2 is 0.719 bits per heavy atom.